The second-order valence-electron chi connectivity index (χ2n) is 6.63. The SMILES string of the molecule is COc1ccc(CNC(=O)c2ccc(Cl)c(S(=O)(=O)Nc3ccc(F)cc3)c2)cc1OC. The molecule has 0 saturated heterocycles. The lowest BCUT2D eigenvalue weighted by molar-refractivity contribution is 0.0950. The van der Waals surface area contributed by atoms with Crippen molar-refractivity contribution in [2.45, 2.75) is 11.4 Å². The molecule has 0 aliphatic heterocycles. The monoisotopic (exact) mass is 478 g/mol. The second kappa shape index (κ2) is 9.88. The lowest BCUT2D eigenvalue weighted by atomic mass is 10.1. The summed E-state index contributed by atoms with van der Waals surface area (Å²) in [5, 5.41) is 2.66. The number of rotatable bonds is 8. The van der Waals surface area contributed by atoms with E-state index in [0.29, 0.717) is 11.5 Å². The maximum Gasteiger partial charge on any atom is 0.263 e. The Hall–Kier alpha value is -3.30. The first-order chi connectivity index (χ1) is 15.2. The number of carbonyl (C=O) groups excluding carboxylic acids is 1. The first-order valence-corrected chi connectivity index (χ1v) is 11.2. The average Bonchev–Trinajstić information content (AvgIpc) is 2.78. The Morgan fingerprint density at radius 3 is 2.31 bits per heavy atom. The van der Waals surface area contributed by atoms with Gasteiger partial charge in [0.05, 0.1) is 19.2 Å². The van der Waals surface area contributed by atoms with E-state index in [1.165, 1.54) is 44.6 Å². The molecule has 2 N–H and O–H groups in total. The van der Waals surface area contributed by atoms with Gasteiger partial charge in [0.2, 0.25) is 0 Å². The molecule has 0 unspecified atom stereocenters. The maximum absolute atomic E-state index is 13.1. The summed E-state index contributed by atoms with van der Waals surface area (Å²) in [5.74, 6) is 0.0867. The van der Waals surface area contributed by atoms with Gasteiger partial charge in [-0.15, -0.1) is 0 Å². The summed E-state index contributed by atoms with van der Waals surface area (Å²) in [7, 11) is -1.08. The zero-order valence-electron chi connectivity index (χ0n) is 17.2. The van der Waals surface area contributed by atoms with Gasteiger partial charge >= 0.3 is 0 Å². The zero-order valence-corrected chi connectivity index (χ0v) is 18.8. The van der Waals surface area contributed by atoms with Gasteiger partial charge in [0.25, 0.3) is 15.9 Å². The number of halogens is 2. The number of methoxy groups -OCH3 is 2. The summed E-state index contributed by atoms with van der Waals surface area (Å²) in [5.41, 5.74) is 1.02. The van der Waals surface area contributed by atoms with Crippen molar-refractivity contribution in [3.05, 3.63) is 82.6 Å². The number of ether oxygens (including phenoxy) is 2. The van der Waals surface area contributed by atoms with Gasteiger partial charge in [0.1, 0.15) is 10.7 Å². The molecular weight excluding hydrogens is 459 g/mol. The zero-order chi connectivity index (χ0) is 23.3. The number of carbonyl (C=O) groups is 1. The van der Waals surface area contributed by atoms with Crippen LogP contribution in [0.5, 0.6) is 11.5 Å². The second-order valence-corrected chi connectivity index (χ2v) is 8.69. The van der Waals surface area contributed by atoms with Crippen LogP contribution in [0.4, 0.5) is 10.1 Å². The highest BCUT2D eigenvalue weighted by molar-refractivity contribution is 7.92. The molecule has 3 aromatic rings. The lowest BCUT2D eigenvalue weighted by Crippen LogP contribution is -2.23. The Morgan fingerprint density at radius 2 is 1.66 bits per heavy atom. The number of amides is 1. The van der Waals surface area contributed by atoms with Crippen LogP contribution in [0.25, 0.3) is 0 Å². The molecular formula is C22H20ClFN2O5S. The van der Waals surface area contributed by atoms with Gasteiger partial charge in [-0.2, -0.15) is 0 Å². The molecule has 0 saturated carbocycles. The molecule has 3 aromatic carbocycles. The van der Waals surface area contributed by atoms with Crippen LogP contribution < -0.4 is 19.5 Å². The predicted molar refractivity (Wildman–Crippen MR) is 119 cm³/mol. The van der Waals surface area contributed by atoms with Crippen molar-refractivity contribution in [2.75, 3.05) is 18.9 Å². The molecule has 0 aliphatic carbocycles. The molecule has 1 amide bonds. The van der Waals surface area contributed by atoms with Crippen LogP contribution in [0.1, 0.15) is 15.9 Å². The van der Waals surface area contributed by atoms with E-state index >= 15 is 0 Å². The van der Waals surface area contributed by atoms with Crippen LogP contribution in [0.2, 0.25) is 5.02 Å². The molecule has 10 heteroatoms. The lowest BCUT2D eigenvalue weighted by Gasteiger charge is -2.12. The Balaban J connectivity index is 1.77. The molecule has 0 fully saturated rings. The standard InChI is InChI=1S/C22H20ClFN2O5S/c1-30-19-10-3-14(11-20(19)31-2)13-25-22(27)15-4-9-18(23)21(12-15)32(28,29)26-17-7-5-16(24)6-8-17/h3-12,26H,13H2,1-2H3,(H,25,27). The number of nitrogens with one attached hydrogen (secondary N) is 2. The van der Waals surface area contributed by atoms with Crippen molar-refractivity contribution in [3.63, 3.8) is 0 Å². The highest BCUT2D eigenvalue weighted by Gasteiger charge is 2.20. The first kappa shape index (κ1) is 23.4. The highest BCUT2D eigenvalue weighted by atomic mass is 35.5. The molecule has 0 aromatic heterocycles. The molecule has 7 nitrogen and oxygen atoms in total. The number of anilines is 1. The van der Waals surface area contributed by atoms with Gasteiger partial charge in [-0.3, -0.25) is 9.52 Å². The molecule has 0 radical (unpaired) electrons. The minimum Gasteiger partial charge on any atom is -0.493 e. The van der Waals surface area contributed by atoms with Gasteiger partial charge in [0, 0.05) is 17.8 Å². The van der Waals surface area contributed by atoms with Gasteiger partial charge in [0.15, 0.2) is 11.5 Å². The molecule has 0 heterocycles. The molecule has 168 valence electrons. The van der Waals surface area contributed by atoms with Crippen LogP contribution >= 0.6 is 11.6 Å². The predicted octanol–water partition coefficient (Wildman–Crippen LogP) is 4.23. The number of hydrogen-bond acceptors (Lipinski definition) is 5. The van der Waals surface area contributed by atoms with Gasteiger partial charge in [-0.05, 0) is 60.2 Å². The smallest absolute Gasteiger partial charge is 0.263 e. The minimum atomic E-state index is -4.11. The fourth-order valence-corrected chi connectivity index (χ4v) is 4.44. The van der Waals surface area contributed by atoms with E-state index < -0.39 is 21.7 Å². The normalized spacial score (nSPS) is 11.0. The molecule has 3 rings (SSSR count). The third-order valence-corrected chi connectivity index (χ3v) is 6.34. The Bertz CT molecular complexity index is 1230. The van der Waals surface area contributed by atoms with E-state index in [4.69, 9.17) is 21.1 Å². The van der Waals surface area contributed by atoms with E-state index in [1.807, 2.05) is 0 Å². The Labute approximate surface area is 190 Å². The summed E-state index contributed by atoms with van der Waals surface area (Å²) in [4.78, 5) is 12.3. The summed E-state index contributed by atoms with van der Waals surface area (Å²) in [6, 6.07) is 13.9. The van der Waals surface area contributed by atoms with Gasteiger partial charge < -0.3 is 14.8 Å². The summed E-state index contributed by atoms with van der Waals surface area (Å²) >= 11 is 6.08. The van der Waals surface area contributed by atoms with Crippen molar-refractivity contribution < 1.29 is 27.1 Å². The Morgan fingerprint density at radius 1 is 0.969 bits per heavy atom. The molecule has 0 spiro atoms. The van der Waals surface area contributed by atoms with Crippen molar-refractivity contribution >= 4 is 33.2 Å². The fourth-order valence-electron chi connectivity index (χ4n) is 2.85. The average molecular weight is 479 g/mol. The summed E-state index contributed by atoms with van der Waals surface area (Å²) in [6.07, 6.45) is 0. The minimum absolute atomic E-state index is 0.0592. The number of hydrogen-bond donors (Lipinski definition) is 2. The van der Waals surface area contributed by atoms with E-state index in [9.17, 15) is 17.6 Å². The topological polar surface area (TPSA) is 93.7 Å². The van der Waals surface area contributed by atoms with E-state index in [2.05, 4.69) is 10.0 Å². The van der Waals surface area contributed by atoms with Crippen molar-refractivity contribution in [1.82, 2.24) is 5.32 Å². The van der Waals surface area contributed by atoms with E-state index in [1.54, 1.807) is 18.2 Å². The third kappa shape index (κ3) is 5.49. The van der Waals surface area contributed by atoms with Crippen molar-refractivity contribution in [2.24, 2.45) is 0 Å². The van der Waals surface area contributed by atoms with Crippen molar-refractivity contribution in [1.29, 1.82) is 0 Å². The highest BCUT2D eigenvalue weighted by Crippen LogP contribution is 2.28. The van der Waals surface area contributed by atoms with E-state index in [0.717, 1.165) is 17.7 Å². The van der Waals surface area contributed by atoms with Crippen LogP contribution in [0.15, 0.2) is 65.6 Å². The summed E-state index contributed by atoms with van der Waals surface area (Å²) < 4.78 is 51.3. The quantitative estimate of drug-likeness (QED) is 0.505. The van der Waals surface area contributed by atoms with Crippen LogP contribution in [0, 0.1) is 5.82 Å². The molecule has 0 atom stereocenters. The summed E-state index contributed by atoms with van der Waals surface area (Å²) in [6.45, 7) is 0.178. The molecule has 0 aliphatic rings. The first-order valence-electron chi connectivity index (χ1n) is 9.30. The fraction of sp³-hybridized carbons (Fsp3) is 0.136. The maximum atomic E-state index is 13.1. The number of sulfonamides is 1. The van der Waals surface area contributed by atoms with Crippen LogP contribution in [-0.2, 0) is 16.6 Å². The van der Waals surface area contributed by atoms with Gasteiger partial charge in [-0.25, -0.2) is 12.8 Å². The van der Waals surface area contributed by atoms with Crippen LogP contribution in [0.3, 0.4) is 0 Å². The van der Waals surface area contributed by atoms with Crippen LogP contribution in [-0.4, -0.2) is 28.5 Å². The third-order valence-electron chi connectivity index (χ3n) is 4.48. The largest absolute Gasteiger partial charge is 0.493 e. The number of benzene rings is 3. The van der Waals surface area contributed by atoms with E-state index in [-0.39, 0.29) is 27.7 Å². The van der Waals surface area contributed by atoms with Gasteiger partial charge in [-0.1, -0.05) is 17.7 Å². The van der Waals surface area contributed by atoms with Crippen molar-refractivity contribution in [3.8, 4) is 11.5 Å². The molecule has 0 bridgehead atoms. The Kier molecular flexibility index (Phi) is 7.22. The molecule has 32 heavy (non-hydrogen) atoms.